The molecule has 2 aromatic heterocycles. The van der Waals surface area contributed by atoms with Crippen LogP contribution in [0.4, 0.5) is 15.0 Å². The number of fused-ring (bicyclic) bond motifs is 5. The molecule has 2 saturated heterocycles. The van der Waals surface area contributed by atoms with Crippen LogP contribution in [-0.4, -0.2) is 72.8 Å². The van der Waals surface area contributed by atoms with E-state index in [2.05, 4.69) is 15.0 Å². The predicted octanol–water partition coefficient (Wildman–Crippen LogP) is 3.29. The molecule has 3 aliphatic rings. The highest BCUT2D eigenvalue weighted by Crippen LogP contribution is 2.45. The van der Waals surface area contributed by atoms with E-state index in [9.17, 15) is 13.4 Å². The highest BCUT2D eigenvalue weighted by Gasteiger charge is 2.53. The summed E-state index contributed by atoms with van der Waals surface area (Å²) in [6, 6.07) is -0.618. The molecular formula is C21H25ClFN5O4S. The lowest BCUT2D eigenvalue weighted by Gasteiger charge is -2.48. The molecule has 1 amide bonds. The van der Waals surface area contributed by atoms with E-state index < -0.39 is 28.3 Å². The molecule has 0 spiro atoms. The lowest BCUT2D eigenvalue weighted by molar-refractivity contribution is 0.000949. The summed E-state index contributed by atoms with van der Waals surface area (Å²) in [6.07, 6.45) is 2.20. The molecule has 9 nitrogen and oxygen atoms in total. The molecule has 33 heavy (non-hydrogen) atoms. The average molecular weight is 498 g/mol. The van der Waals surface area contributed by atoms with E-state index in [1.807, 2.05) is 32.6 Å². The van der Waals surface area contributed by atoms with Gasteiger partial charge in [0.15, 0.2) is 11.0 Å². The van der Waals surface area contributed by atoms with Crippen molar-refractivity contribution in [3.8, 4) is 5.88 Å². The minimum Gasteiger partial charge on any atom is -0.472 e. The SMILES string of the molecule is C[C@@H]1Oc2nc(Cl)c(F)c3nc(S(C)=O)nc(c23)N2C[C@H]3CC[C@@H](C12)N3C(=O)OC(C)(C)C. The summed E-state index contributed by atoms with van der Waals surface area (Å²) >= 11 is 6.04. The van der Waals surface area contributed by atoms with E-state index in [4.69, 9.17) is 21.1 Å². The molecule has 3 aliphatic heterocycles. The van der Waals surface area contributed by atoms with Crippen LogP contribution in [-0.2, 0) is 15.5 Å². The lowest BCUT2D eigenvalue weighted by Crippen LogP contribution is -2.65. The third kappa shape index (κ3) is 3.60. The number of nitrogens with zero attached hydrogens (tertiary/aromatic N) is 5. The quantitative estimate of drug-likeness (QED) is 0.437. The van der Waals surface area contributed by atoms with E-state index in [1.54, 1.807) is 4.90 Å². The Morgan fingerprint density at radius 1 is 1.27 bits per heavy atom. The van der Waals surface area contributed by atoms with Gasteiger partial charge in [-0.3, -0.25) is 9.11 Å². The number of halogens is 2. The lowest BCUT2D eigenvalue weighted by atomic mass is 9.98. The molecule has 2 fully saturated rings. The summed E-state index contributed by atoms with van der Waals surface area (Å²) in [5.41, 5.74) is -0.693. The van der Waals surface area contributed by atoms with Crippen LogP contribution >= 0.6 is 11.6 Å². The van der Waals surface area contributed by atoms with Crippen LogP contribution in [0.25, 0.3) is 10.9 Å². The van der Waals surface area contributed by atoms with Gasteiger partial charge in [0, 0.05) is 12.8 Å². The highest BCUT2D eigenvalue weighted by molar-refractivity contribution is 7.84. The van der Waals surface area contributed by atoms with Crippen molar-refractivity contribution < 1.29 is 22.9 Å². The fourth-order valence-electron chi connectivity index (χ4n) is 5.12. The van der Waals surface area contributed by atoms with Crippen LogP contribution in [0.15, 0.2) is 5.16 Å². The smallest absolute Gasteiger partial charge is 0.410 e. The van der Waals surface area contributed by atoms with E-state index in [0.29, 0.717) is 17.7 Å². The van der Waals surface area contributed by atoms with Gasteiger partial charge >= 0.3 is 6.09 Å². The van der Waals surface area contributed by atoms with Gasteiger partial charge in [-0.25, -0.2) is 19.2 Å². The summed E-state index contributed by atoms with van der Waals surface area (Å²) in [5.74, 6) is -0.282. The molecule has 2 bridgehead atoms. The first-order valence-corrected chi connectivity index (χ1v) is 12.7. The molecule has 12 heteroatoms. The molecule has 0 radical (unpaired) electrons. The van der Waals surface area contributed by atoms with E-state index in [1.165, 1.54) is 6.26 Å². The van der Waals surface area contributed by atoms with Gasteiger partial charge in [-0.1, -0.05) is 11.6 Å². The van der Waals surface area contributed by atoms with Gasteiger partial charge in [-0.05, 0) is 40.5 Å². The Balaban J connectivity index is 1.66. The van der Waals surface area contributed by atoms with Gasteiger partial charge in [0.1, 0.15) is 28.4 Å². The van der Waals surface area contributed by atoms with Crippen molar-refractivity contribution in [1.82, 2.24) is 19.9 Å². The highest BCUT2D eigenvalue weighted by atomic mass is 35.5. The maximum absolute atomic E-state index is 15.0. The zero-order chi connectivity index (χ0) is 23.8. The fraction of sp³-hybridized carbons (Fsp3) is 0.619. The van der Waals surface area contributed by atoms with Crippen molar-refractivity contribution in [3.63, 3.8) is 0 Å². The Hall–Kier alpha value is -2.27. The van der Waals surface area contributed by atoms with Crippen molar-refractivity contribution >= 4 is 45.2 Å². The number of rotatable bonds is 1. The maximum atomic E-state index is 15.0. The molecule has 0 aromatic carbocycles. The Morgan fingerprint density at radius 3 is 2.67 bits per heavy atom. The van der Waals surface area contributed by atoms with Gasteiger partial charge in [0.25, 0.3) is 0 Å². The Morgan fingerprint density at radius 2 is 2.00 bits per heavy atom. The van der Waals surface area contributed by atoms with Gasteiger partial charge in [0.2, 0.25) is 11.0 Å². The number of hydrogen-bond donors (Lipinski definition) is 0. The standard InChI is InChI=1S/C21H25ClFN5O4S/c1-9-15-11-7-6-10(28(11)20(29)32-21(2,3)4)8-27(15)17-12-14(24-19(26-17)33(5)30)13(23)16(22)25-18(12)31-9/h9-11,15H,6-8H2,1-5H3/t9-,10+,11-,15?,33?/m0/s1. The Labute approximate surface area is 198 Å². The first-order valence-electron chi connectivity index (χ1n) is 10.8. The third-order valence-electron chi connectivity index (χ3n) is 6.29. The minimum atomic E-state index is -1.55. The minimum absolute atomic E-state index is 0.000149. The number of piperazine rings is 1. The second-order valence-electron chi connectivity index (χ2n) is 9.68. The Kier molecular flexibility index (Phi) is 5.20. The van der Waals surface area contributed by atoms with Crippen molar-refractivity contribution in [2.24, 2.45) is 0 Å². The summed E-state index contributed by atoms with van der Waals surface area (Å²) in [5, 5.41) is -0.0793. The van der Waals surface area contributed by atoms with Crippen molar-refractivity contribution in [2.45, 2.75) is 75.5 Å². The average Bonchev–Trinajstić information content (AvgIpc) is 2.96. The maximum Gasteiger partial charge on any atom is 0.410 e. The summed E-state index contributed by atoms with van der Waals surface area (Å²) in [4.78, 5) is 29.8. The predicted molar refractivity (Wildman–Crippen MR) is 121 cm³/mol. The molecule has 0 saturated carbocycles. The second kappa shape index (κ2) is 7.63. The van der Waals surface area contributed by atoms with E-state index in [-0.39, 0.29) is 45.9 Å². The zero-order valence-corrected chi connectivity index (χ0v) is 20.5. The molecule has 178 valence electrons. The van der Waals surface area contributed by atoms with Crippen molar-refractivity contribution in [3.05, 3.63) is 11.0 Å². The number of carbonyl (C=O) groups is 1. The van der Waals surface area contributed by atoms with Crippen LogP contribution in [0, 0.1) is 5.82 Å². The molecule has 5 atom stereocenters. The topological polar surface area (TPSA) is 97.7 Å². The number of pyridine rings is 1. The van der Waals surface area contributed by atoms with Crippen molar-refractivity contribution in [2.75, 3.05) is 17.7 Å². The molecule has 2 aromatic rings. The van der Waals surface area contributed by atoms with Crippen LogP contribution in [0.5, 0.6) is 5.88 Å². The normalized spacial score (nSPS) is 27.1. The zero-order valence-electron chi connectivity index (χ0n) is 19.0. The molecule has 0 N–H and O–H groups in total. The molecular weight excluding hydrogens is 473 g/mol. The number of anilines is 1. The number of carbonyl (C=O) groups excluding carboxylic acids is 1. The molecule has 5 heterocycles. The molecule has 5 rings (SSSR count). The van der Waals surface area contributed by atoms with E-state index >= 15 is 0 Å². The third-order valence-corrected chi connectivity index (χ3v) is 7.24. The van der Waals surface area contributed by atoms with Gasteiger partial charge in [0.05, 0.1) is 28.9 Å². The first kappa shape index (κ1) is 22.5. The number of hydrogen-bond acceptors (Lipinski definition) is 8. The summed E-state index contributed by atoms with van der Waals surface area (Å²) in [6.45, 7) is 7.84. The van der Waals surface area contributed by atoms with Crippen LogP contribution in [0.3, 0.4) is 0 Å². The molecule has 0 aliphatic carbocycles. The summed E-state index contributed by atoms with van der Waals surface area (Å²) < 4.78 is 39.1. The largest absolute Gasteiger partial charge is 0.472 e. The molecule has 2 unspecified atom stereocenters. The number of ether oxygens (including phenoxy) is 2. The van der Waals surface area contributed by atoms with Gasteiger partial charge in [-0.2, -0.15) is 4.98 Å². The van der Waals surface area contributed by atoms with Gasteiger partial charge < -0.3 is 14.4 Å². The monoisotopic (exact) mass is 497 g/mol. The number of aromatic nitrogens is 3. The van der Waals surface area contributed by atoms with Crippen LogP contribution in [0.2, 0.25) is 5.15 Å². The number of amides is 1. The van der Waals surface area contributed by atoms with Crippen LogP contribution < -0.4 is 9.64 Å². The van der Waals surface area contributed by atoms with Crippen LogP contribution in [0.1, 0.15) is 40.5 Å². The van der Waals surface area contributed by atoms with Crippen molar-refractivity contribution in [1.29, 1.82) is 0 Å². The fourth-order valence-corrected chi connectivity index (χ4v) is 5.72. The van der Waals surface area contributed by atoms with Gasteiger partial charge in [-0.15, -0.1) is 0 Å². The summed E-state index contributed by atoms with van der Waals surface area (Å²) in [7, 11) is -1.55. The first-order chi connectivity index (χ1) is 15.5. The Bertz CT molecular complexity index is 1190. The second-order valence-corrected chi connectivity index (χ2v) is 11.3. The van der Waals surface area contributed by atoms with E-state index in [0.717, 1.165) is 12.8 Å².